The summed E-state index contributed by atoms with van der Waals surface area (Å²) in [5, 5.41) is 0. The van der Waals surface area contributed by atoms with Gasteiger partial charge in [0.2, 0.25) is 0 Å². The minimum Gasteiger partial charge on any atom is -0.350 e. The number of rotatable bonds is 1. The zero-order valence-electron chi connectivity index (χ0n) is 8.30. The van der Waals surface area contributed by atoms with Crippen LogP contribution in [0, 0.1) is 10.5 Å². The molecule has 0 amide bonds. The van der Waals surface area contributed by atoms with Crippen molar-refractivity contribution in [3.8, 4) is 0 Å². The number of hydrogen-bond donors (Lipinski definition) is 0. The third kappa shape index (κ3) is 2.21. The van der Waals surface area contributed by atoms with E-state index >= 15 is 0 Å². The molecule has 1 aromatic rings. The molecule has 0 N–H and O–H groups in total. The summed E-state index contributed by atoms with van der Waals surface area (Å²) in [6.45, 7) is 2.10. The van der Waals surface area contributed by atoms with Gasteiger partial charge in [0.1, 0.15) is 5.82 Å². The molecule has 0 saturated carbocycles. The maximum Gasteiger partial charge on any atom is 0.266 e. The molecule has 82 valence electrons. The highest BCUT2D eigenvalue weighted by Crippen LogP contribution is 2.32. The van der Waals surface area contributed by atoms with Gasteiger partial charge in [-0.3, -0.25) is 0 Å². The quantitative estimate of drug-likeness (QED) is 0.739. The van der Waals surface area contributed by atoms with Crippen molar-refractivity contribution in [2.75, 3.05) is 18.0 Å². The monoisotopic (exact) mass is 324 g/mol. The zero-order chi connectivity index (χ0) is 11.1. The van der Waals surface area contributed by atoms with Gasteiger partial charge in [-0.05, 0) is 35.6 Å². The highest BCUT2D eigenvalue weighted by molar-refractivity contribution is 14.1. The van der Waals surface area contributed by atoms with Crippen molar-refractivity contribution in [1.29, 1.82) is 0 Å². The van der Waals surface area contributed by atoms with E-state index in [0.29, 0.717) is 12.4 Å². The first kappa shape index (κ1) is 11.0. The Morgan fingerprint density at radius 2 is 2.27 bits per heavy atom. The maximum atomic E-state index is 13.0. The van der Waals surface area contributed by atoms with E-state index in [2.05, 4.69) is 27.6 Å². The molecular weight excluding hydrogens is 313 g/mol. The van der Waals surface area contributed by atoms with Crippen LogP contribution in [0.5, 0.6) is 0 Å². The molecule has 1 aromatic heterocycles. The van der Waals surface area contributed by atoms with Crippen LogP contribution in [0.25, 0.3) is 0 Å². The molecule has 1 saturated heterocycles. The van der Waals surface area contributed by atoms with Crippen molar-refractivity contribution in [2.24, 2.45) is 0 Å². The first-order chi connectivity index (χ1) is 6.99. The van der Waals surface area contributed by atoms with Crippen LogP contribution < -0.4 is 4.90 Å². The van der Waals surface area contributed by atoms with Crippen molar-refractivity contribution in [3.05, 3.63) is 21.4 Å². The van der Waals surface area contributed by atoms with Gasteiger partial charge in [-0.15, -0.1) is 0 Å². The molecule has 0 aliphatic carbocycles. The van der Waals surface area contributed by atoms with Crippen molar-refractivity contribution < 1.29 is 8.78 Å². The van der Waals surface area contributed by atoms with Crippen LogP contribution in [0.15, 0.2) is 12.3 Å². The molecule has 0 radical (unpaired) electrons. The number of hydrogen-bond acceptors (Lipinski definition) is 2. The van der Waals surface area contributed by atoms with E-state index in [4.69, 9.17) is 0 Å². The van der Waals surface area contributed by atoms with Crippen LogP contribution in [0.2, 0.25) is 0 Å². The predicted molar refractivity (Wildman–Crippen MR) is 63.5 cm³/mol. The lowest BCUT2D eigenvalue weighted by Crippen LogP contribution is -2.26. The fourth-order valence-corrected chi connectivity index (χ4v) is 2.14. The number of aromatic nitrogens is 1. The Labute approximate surface area is 101 Å². The summed E-state index contributed by atoms with van der Waals surface area (Å²) in [5.41, 5.74) is 0.982. The fraction of sp³-hybridized carbons (Fsp3) is 0.500. The topological polar surface area (TPSA) is 16.1 Å². The van der Waals surface area contributed by atoms with Crippen molar-refractivity contribution in [3.63, 3.8) is 0 Å². The molecule has 0 spiro atoms. The third-order valence-corrected chi connectivity index (χ3v) is 3.75. The second kappa shape index (κ2) is 3.84. The van der Waals surface area contributed by atoms with Gasteiger partial charge in [-0.1, -0.05) is 0 Å². The Morgan fingerprint density at radius 1 is 1.53 bits per heavy atom. The van der Waals surface area contributed by atoms with Crippen molar-refractivity contribution >= 4 is 28.4 Å². The second-order valence-electron chi connectivity index (χ2n) is 3.77. The molecule has 2 heterocycles. The summed E-state index contributed by atoms with van der Waals surface area (Å²) in [7, 11) is 0. The number of anilines is 1. The Balaban J connectivity index is 2.28. The number of pyridine rings is 1. The minimum atomic E-state index is -2.56. The Hall–Kier alpha value is -0.460. The van der Waals surface area contributed by atoms with E-state index in [1.165, 1.54) is 0 Å². The van der Waals surface area contributed by atoms with Gasteiger partial charge in [0.25, 0.3) is 5.92 Å². The number of nitrogens with zero attached hydrogens (tertiary/aromatic N) is 2. The Bertz CT molecular complexity index is 382. The van der Waals surface area contributed by atoms with Gasteiger partial charge in [0, 0.05) is 28.3 Å². The molecule has 0 aromatic carbocycles. The van der Waals surface area contributed by atoms with Crippen LogP contribution in [-0.4, -0.2) is 24.0 Å². The summed E-state index contributed by atoms with van der Waals surface area (Å²) < 4.78 is 27.1. The van der Waals surface area contributed by atoms with E-state index in [1.54, 1.807) is 11.1 Å². The van der Waals surface area contributed by atoms with Crippen LogP contribution in [0.3, 0.4) is 0 Å². The third-order valence-electron chi connectivity index (χ3n) is 2.58. The fourth-order valence-electron chi connectivity index (χ4n) is 1.74. The molecule has 2 rings (SSSR count). The van der Waals surface area contributed by atoms with E-state index in [1.807, 2.05) is 13.0 Å². The largest absolute Gasteiger partial charge is 0.350 e. The van der Waals surface area contributed by atoms with Crippen molar-refractivity contribution in [2.45, 2.75) is 19.3 Å². The van der Waals surface area contributed by atoms with Gasteiger partial charge >= 0.3 is 0 Å². The summed E-state index contributed by atoms with van der Waals surface area (Å²) in [6.07, 6.45) is 1.60. The van der Waals surface area contributed by atoms with Crippen LogP contribution in [0.4, 0.5) is 14.6 Å². The molecule has 0 atom stereocenters. The average Bonchev–Trinajstić information content (AvgIpc) is 2.51. The van der Waals surface area contributed by atoms with Gasteiger partial charge in [0.15, 0.2) is 0 Å². The first-order valence-corrected chi connectivity index (χ1v) is 5.81. The number of alkyl halides is 2. The molecular formula is C10H11F2IN2. The standard InChI is InChI=1S/C10H11F2IN2/c1-7-8(13)2-4-14-9(7)15-5-3-10(11,12)6-15/h2,4H,3,5-6H2,1H3. The van der Waals surface area contributed by atoms with Crippen LogP contribution >= 0.6 is 22.6 Å². The van der Waals surface area contributed by atoms with E-state index in [9.17, 15) is 8.78 Å². The second-order valence-corrected chi connectivity index (χ2v) is 4.93. The highest BCUT2D eigenvalue weighted by Gasteiger charge is 2.39. The Morgan fingerprint density at radius 3 is 2.87 bits per heavy atom. The number of halogens is 3. The van der Waals surface area contributed by atoms with E-state index < -0.39 is 5.92 Å². The molecule has 0 bridgehead atoms. The molecule has 15 heavy (non-hydrogen) atoms. The molecule has 1 fully saturated rings. The van der Waals surface area contributed by atoms with Gasteiger partial charge in [-0.25, -0.2) is 13.8 Å². The van der Waals surface area contributed by atoms with Crippen LogP contribution in [0.1, 0.15) is 12.0 Å². The lowest BCUT2D eigenvalue weighted by Gasteiger charge is -2.19. The van der Waals surface area contributed by atoms with Gasteiger partial charge < -0.3 is 4.90 Å². The lowest BCUT2D eigenvalue weighted by atomic mass is 10.3. The predicted octanol–water partition coefficient (Wildman–Crippen LogP) is 2.84. The Kier molecular flexibility index (Phi) is 2.83. The lowest BCUT2D eigenvalue weighted by molar-refractivity contribution is 0.0256. The minimum absolute atomic E-state index is 0.0698. The maximum absolute atomic E-state index is 13.0. The van der Waals surface area contributed by atoms with Crippen molar-refractivity contribution in [1.82, 2.24) is 4.98 Å². The normalized spacial score (nSPS) is 19.6. The molecule has 5 heteroatoms. The zero-order valence-corrected chi connectivity index (χ0v) is 10.5. The SMILES string of the molecule is Cc1c(I)ccnc1N1CCC(F)(F)C1. The first-order valence-electron chi connectivity index (χ1n) is 4.73. The summed E-state index contributed by atoms with van der Waals surface area (Å²) >= 11 is 2.19. The summed E-state index contributed by atoms with van der Waals surface area (Å²) in [5.74, 6) is -1.87. The van der Waals surface area contributed by atoms with E-state index in [-0.39, 0.29) is 13.0 Å². The average molecular weight is 324 g/mol. The highest BCUT2D eigenvalue weighted by atomic mass is 127. The van der Waals surface area contributed by atoms with E-state index in [0.717, 1.165) is 9.13 Å². The molecule has 2 nitrogen and oxygen atoms in total. The molecule has 0 unspecified atom stereocenters. The molecule has 1 aliphatic rings. The smallest absolute Gasteiger partial charge is 0.266 e. The summed E-state index contributed by atoms with van der Waals surface area (Å²) in [6, 6.07) is 1.88. The molecule has 1 aliphatic heterocycles. The van der Waals surface area contributed by atoms with Gasteiger partial charge in [0.05, 0.1) is 6.54 Å². The summed E-state index contributed by atoms with van der Waals surface area (Å²) in [4.78, 5) is 5.84. The van der Waals surface area contributed by atoms with Crippen LogP contribution in [-0.2, 0) is 0 Å². The van der Waals surface area contributed by atoms with Gasteiger partial charge in [-0.2, -0.15) is 0 Å².